The third-order valence-corrected chi connectivity index (χ3v) is 3.76. The lowest BCUT2D eigenvalue weighted by molar-refractivity contribution is -0.123. The van der Waals surface area contributed by atoms with E-state index in [-0.39, 0.29) is 11.7 Å². The Balaban J connectivity index is 2.06. The first-order valence-electron chi connectivity index (χ1n) is 7.77. The van der Waals surface area contributed by atoms with Crippen molar-refractivity contribution in [3.8, 4) is 17.2 Å². The van der Waals surface area contributed by atoms with Crippen LogP contribution in [0, 0.1) is 12.3 Å². The molecule has 0 bridgehead atoms. The Hall–Kier alpha value is -2.82. The Morgan fingerprint density at radius 1 is 1.21 bits per heavy atom. The molecular weight excluding hydrogens is 304 g/mol. The molecule has 0 atom stereocenters. The largest absolute Gasteiger partial charge is 0.507 e. The van der Waals surface area contributed by atoms with E-state index in [1.165, 1.54) is 0 Å². The lowest BCUT2D eigenvalue weighted by Crippen LogP contribution is -2.27. The number of fused-ring (bicyclic) bond motifs is 1. The van der Waals surface area contributed by atoms with Crippen LogP contribution in [0.1, 0.15) is 26.3 Å². The molecule has 1 amide bonds. The lowest BCUT2D eigenvalue weighted by atomic mass is 9.95. The van der Waals surface area contributed by atoms with Crippen molar-refractivity contribution in [2.45, 2.75) is 27.7 Å². The summed E-state index contributed by atoms with van der Waals surface area (Å²) in [6, 6.07) is 10.8. The molecule has 5 heteroatoms. The highest BCUT2D eigenvalue weighted by Crippen LogP contribution is 2.36. The summed E-state index contributed by atoms with van der Waals surface area (Å²) in [5.74, 6) is 0.315. The van der Waals surface area contributed by atoms with Crippen LogP contribution in [0.4, 0.5) is 5.69 Å². The van der Waals surface area contributed by atoms with E-state index in [1.807, 2.05) is 45.0 Å². The molecule has 0 saturated carbocycles. The number of phenols is 1. The summed E-state index contributed by atoms with van der Waals surface area (Å²) in [7, 11) is 0. The van der Waals surface area contributed by atoms with Gasteiger partial charge in [0.2, 0.25) is 11.8 Å². The molecule has 3 aromatic rings. The molecule has 24 heavy (non-hydrogen) atoms. The van der Waals surface area contributed by atoms with Gasteiger partial charge in [-0.1, -0.05) is 32.9 Å². The van der Waals surface area contributed by atoms with Gasteiger partial charge in [0.05, 0.1) is 5.56 Å². The number of benzene rings is 2. The van der Waals surface area contributed by atoms with Crippen molar-refractivity contribution >= 4 is 22.7 Å². The van der Waals surface area contributed by atoms with Crippen molar-refractivity contribution in [3.63, 3.8) is 0 Å². The molecule has 0 aliphatic carbocycles. The molecule has 2 aromatic carbocycles. The molecule has 3 rings (SSSR count). The average Bonchev–Trinajstić information content (AvgIpc) is 2.93. The Morgan fingerprint density at radius 2 is 1.92 bits per heavy atom. The first-order chi connectivity index (χ1) is 11.3. The molecule has 0 saturated heterocycles. The third-order valence-electron chi connectivity index (χ3n) is 3.76. The lowest BCUT2D eigenvalue weighted by Gasteiger charge is -2.18. The fourth-order valence-corrected chi connectivity index (χ4v) is 2.32. The van der Waals surface area contributed by atoms with E-state index in [0.29, 0.717) is 33.8 Å². The van der Waals surface area contributed by atoms with Gasteiger partial charge in [0, 0.05) is 11.1 Å². The number of para-hydroxylation sites is 2. The van der Waals surface area contributed by atoms with Crippen LogP contribution < -0.4 is 5.32 Å². The average molecular weight is 324 g/mol. The zero-order valence-electron chi connectivity index (χ0n) is 14.2. The minimum Gasteiger partial charge on any atom is -0.507 e. The van der Waals surface area contributed by atoms with Crippen LogP contribution in [0.2, 0.25) is 0 Å². The zero-order valence-corrected chi connectivity index (χ0v) is 14.2. The van der Waals surface area contributed by atoms with Gasteiger partial charge in [0.1, 0.15) is 11.3 Å². The Bertz CT molecular complexity index is 887. The van der Waals surface area contributed by atoms with Gasteiger partial charge in [-0.05, 0) is 36.8 Å². The fraction of sp³-hybridized carbons (Fsp3) is 0.263. The standard InChI is InChI=1S/C19H20N2O3/c1-11-9-12(20-18(23)19(2,3)4)10-13(16(11)22)17-21-14-7-5-6-8-15(14)24-17/h5-10,22H,1-4H3,(H,20,23). The second-order valence-electron chi connectivity index (χ2n) is 6.88. The van der Waals surface area contributed by atoms with Crippen LogP contribution in [0.3, 0.4) is 0 Å². The van der Waals surface area contributed by atoms with Gasteiger partial charge in [0.15, 0.2) is 5.58 Å². The Labute approximate surface area is 140 Å². The molecule has 124 valence electrons. The molecule has 0 aliphatic heterocycles. The molecule has 0 radical (unpaired) electrons. The van der Waals surface area contributed by atoms with Crippen LogP contribution in [0.5, 0.6) is 5.75 Å². The van der Waals surface area contributed by atoms with Gasteiger partial charge in [-0.25, -0.2) is 4.98 Å². The number of amides is 1. The fourth-order valence-electron chi connectivity index (χ4n) is 2.32. The number of carbonyl (C=O) groups excluding carboxylic acids is 1. The maximum absolute atomic E-state index is 12.2. The highest BCUT2D eigenvalue weighted by molar-refractivity contribution is 5.95. The number of nitrogens with one attached hydrogen (secondary N) is 1. The minimum absolute atomic E-state index is 0.0929. The number of hydrogen-bond donors (Lipinski definition) is 2. The molecule has 5 nitrogen and oxygen atoms in total. The van der Waals surface area contributed by atoms with Crippen molar-refractivity contribution in [2.75, 3.05) is 5.32 Å². The van der Waals surface area contributed by atoms with E-state index in [0.717, 1.165) is 0 Å². The summed E-state index contributed by atoms with van der Waals surface area (Å²) in [5.41, 5.74) is 2.54. The number of oxazole rings is 1. The summed E-state index contributed by atoms with van der Waals surface area (Å²) < 4.78 is 5.73. The first-order valence-corrected chi connectivity index (χ1v) is 7.77. The predicted molar refractivity (Wildman–Crippen MR) is 93.9 cm³/mol. The molecule has 2 N–H and O–H groups in total. The maximum Gasteiger partial charge on any atom is 0.231 e. The third kappa shape index (κ3) is 2.97. The Morgan fingerprint density at radius 3 is 2.58 bits per heavy atom. The van der Waals surface area contributed by atoms with Gasteiger partial charge >= 0.3 is 0 Å². The number of phenolic OH excluding ortho intramolecular Hbond substituents is 1. The minimum atomic E-state index is -0.510. The van der Waals surface area contributed by atoms with E-state index < -0.39 is 5.41 Å². The number of carbonyl (C=O) groups is 1. The topological polar surface area (TPSA) is 75.4 Å². The van der Waals surface area contributed by atoms with Crippen molar-refractivity contribution < 1.29 is 14.3 Å². The van der Waals surface area contributed by atoms with E-state index in [1.54, 1.807) is 19.1 Å². The van der Waals surface area contributed by atoms with Crippen LogP contribution in [-0.4, -0.2) is 16.0 Å². The monoisotopic (exact) mass is 324 g/mol. The maximum atomic E-state index is 12.2. The molecule has 0 aliphatic rings. The number of hydrogen-bond acceptors (Lipinski definition) is 4. The van der Waals surface area contributed by atoms with E-state index in [9.17, 15) is 9.90 Å². The summed E-state index contributed by atoms with van der Waals surface area (Å²) in [5, 5.41) is 13.3. The summed E-state index contributed by atoms with van der Waals surface area (Å²) >= 11 is 0. The van der Waals surface area contributed by atoms with E-state index in [2.05, 4.69) is 10.3 Å². The molecule has 1 heterocycles. The summed E-state index contributed by atoms with van der Waals surface area (Å²) in [6.07, 6.45) is 0. The number of aromatic hydroxyl groups is 1. The van der Waals surface area contributed by atoms with Gasteiger partial charge in [-0.2, -0.15) is 0 Å². The van der Waals surface area contributed by atoms with E-state index >= 15 is 0 Å². The normalized spacial score (nSPS) is 11.7. The van der Waals surface area contributed by atoms with Crippen molar-refractivity contribution in [2.24, 2.45) is 5.41 Å². The number of rotatable bonds is 2. The van der Waals surface area contributed by atoms with Crippen LogP contribution in [0.25, 0.3) is 22.6 Å². The molecule has 0 spiro atoms. The quantitative estimate of drug-likeness (QED) is 0.681. The predicted octanol–water partition coefficient (Wildman–Crippen LogP) is 4.49. The van der Waals surface area contributed by atoms with Gasteiger partial charge in [-0.15, -0.1) is 0 Å². The van der Waals surface area contributed by atoms with Gasteiger partial charge in [0.25, 0.3) is 0 Å². The smallest absolute Gasteiger partial charge is 0.231 e. The highest BCUT2D eigenvalue weighted by Gasteiger charge is 2.22. The molecule has 0 fully saturated rings. The van der Waals surface area contributed by atoms with Gasteiger partial charge in [-0.3, -0.25) is 4.79 Å². The number of aromatic nitrogens is 1. The zero-order chi connectivity index (χ0) is 17.5. The molecule has 0 unspecified atom stereocenters. The van der Waals surface area contributed by atoms with Crippen LogP contribution in [-0.2, 0) is 4.79 Å². The SMILES string of the molecule is Cc1cc(NC(=O)C(C)(C)C)cc(-c2nc3ccccc3o2)c1O. The second-order valence-corrected chi connectivity index (χ2v) is 6.88. The van der Waals surface area contributed by atoms with Crippen LogP contribution in [0.15, 0.2) is 40.8 Å². The first kappa shape index (κ1) is 16.1. The highest BCUT2D eigenvalue weighted by atomic mass is 16.3. The summed E-state index contributed by atoms with van der Waals surface area (Å²) in [4.78, 5) is 16.6. The summed E-state index contributed by atoms with van der Waals surface area (Å²) in [6.45, 7) is 7.31. The van der Waals surface area contributed by atoms with Crippen LogP contribution >= 0.6 is 0 Å². The van der Waals surface area contributed by atoms with Crippen molar-refractivity contribution in [1.29, 1.82) is 0 Å². The van der Waals surface area contributed by atoms with Crippen molar-refractivity contribution in [1.82, 2.24) is 4.98 Å². The number of nitrogens with zero attached hydrogens (tertiary/aromatic N) is 1. The molecule has 1 aromatic heterocycles. The molecular formula is C19H20N2O3. The Kier molecular flexibility index (Phi) is 3.79. The van der Waals surface area contributed by atoms with E-state index in [4.69, 9.17) is 4.42 Å². The van der Waals surface area contributed by atoms with Gasteiger partial charge < -0.3 is 14.8 Å². The number of anilines is 1. The second kappa shape index (κ2) is 5.67. The number of aryl methyl sites for hydroxylation is 1. The van der Waals surface area contributed by atoms with Crippen molar-refractivity contribution in [3.05, 3.63) is 42.0 Å².